The molecule has 0 radical (unpaired) electrons. The molecule has 0 bridgehead atoms. The molecule has 2 amide bonds. The number of hydrazone groups is 1. The molecule has 2 N–H and O–H groups in total. The number of nitrogens with one attached hydrogen (secondary N) is 2. The lowest BCUT2D eigenvalue weighted by Gasteiger charge is -2.09. The van der Waals surface area contributed by atoms with E-state index in [0.29, 0.717) is 0 Å². The molecule has 0 fully saturated rings. The van der Waals surface area contributed by atoms with Crippen LogP contribution in [-0.2, 0) is 9.59 Å². The average molecular weight is 424 g/mol. The van der Waals surface area contributed by atoms with Gasteiger partial charge in [0.2, 0.25) is 11.8 Å². The Hall–Kier alpha value is -3.99. The zero-order chi connectivity index (χ0) is 22.5. The van der Waals surface area contributed by atoms with Crippen LogP contribution in [0.25, 0.3) is 21.5 Å². The van der Waals surface area contributed by atoms with Gasteiger partial charge in [0.05, 0.1) is 6.21 Å². The smallest absolute Gasteiger partial charge is 0.240 e. The van der Waals surface area contributed by atoms with Gasteiger partial charge < -0.3 is 5.32 Å². The van der Waals surface area contributed by atoms with Gasteiger partial charge in [0, 0.05) is 24.1 Å². The average Bonchev–Trinajstić information content (AvgIpc) is 2.79. The molecule has 4 aromatic rings. The molecule has 4 rings (SSSR count). The van der Waals surface area contributed by atoms with Crippen molar-refractivity contribution in [3.05, 3.63) is 89.5 Å². The van der Waals surface area contributed by atoms with E-state index >= 15 is 0 Å². The maximum atomic E-state index is 12.2. The quantitative estimate of drug-likeness (QED) is 0.245. The van der Waals surface area contributed by atoms with E-state index in [9.17, 15) is 9.59 Å². The van der Waals surface area contributed by atoms with Crippen LogP contribution in [0.5, 0.6) is 0 Å². The maximum Gasteiger partial charge on any atom is 0.240 e. The number of carbonyl (C=O) groups is 2. The topological polar surface area (TPSA) is 70.6 Å². The first-order valence-corrected chi connectivity index (χ1v) is 10.6. The minimum Gasteiger partial charge on any atom is -0.326 e. The van der Waals surface area contributed by atoms with Gasteiger partial charge >= 0.3 is 0 Å². The van der Waals surface area contributed by atoms with Crippen molar-refractivity contribution in [3.63, 3.8) is 0 Å². The van der Waals surface area contributed by atoms with E-state index in [0.717, 1.165) is 43.9 Å². The molecule has 0 aromatic heterocycles. The standard InChI is InChI=1S/C27H25N3O2/c1-18-11-12-19(2)25(15-18)29-26(31)13-14-27(32)30-28-17-24-22-9-5-3-7-20(22)16-21-8-4-6-10-23(21)24/h3-12,15-17H,13-14H2,1-2H3,(H,29,31)(H,30,32)/b28-17+. The van der Waals surface area contributed by atoms with Gasteiger partial charge in [0.1, 0.15) is 0 Å². The maximum absolute atomic E-state index is 12.2. The number of fused-ring (bicyclic) bond motifs is 2. The summed E-state index contributed by atoms with van der Waals surface area (Å²) in [6.45, 7) is 3.91. The summed E-state index contributed by atoms with van der Waals surface area (Å²) in [4.78, 5) is 24.5. The van der Waals surface area contributed by atoms with Gasteiger partial charge in [0.25, 0.3) is 0 Å². The predicted molar refractivity (Wildman–Crippen MR) is 131 cm³/mol. The minimum absolute atomic E-state index is 0.0598. The number of amides is 2. The van der Waals surface area contributed by atoms with E-state index in [2.05, 4.69) is 34.0 Å². The summed E-state index contributed by atoms with van der Waals surface area (Å²) < 4.78 is 0. The van der Waals surface area contributed by atoms with Crippen LogP contribution in [0.3, 0.4) is 0 Å². The van der Waals surface area contributed by atoms with E-state index in [4.69, 9.17) is 0 Å². The van der Waals surface area contributed by atoms with Crippen molar-refractivity contribution < 1.29 is 9.59 Å². The van der Waals surface area contributed by atoms with Gasteiger partial charge in [-0.1, -0.05) is 60.7 Å². The molecule has 0 heterocycles. The van der Waals surface area contributed by atoms with Crippen molar-refractivity contribution in [3.8, 4) is 0 Å². The van der Waals surface area contributed by atoms with Crippen molar-refractivity contribution in [2.24, 2.45) is 5.10 Å². The zero-order valence-corrected chi connectivity index (χ0v) is 18.2. The predicted octanol–water partition coefficient (Wildman–Crippen LogP) is 5.48. The summed E-state index contributed by atoms with van der Waals surface area (Å²) in [5.41, 5.74) is 6.33. The fourth-order valence-corrected chi connectivity index (χ4v) is 3.72. The van der Waals surface area contributed by atoms with Crippen molar-refractivity contribution in [1.82, 2.24) is 5.43 Å². The first-order valence-electron chi connectivity index (χ1n) is 10.6. The number of nitrogens with zero attached hydrogens (tertiary/aromatic N) is 1. The van der Waals surface area contributed by atoms with Crippen LogP contribution in [0.15, 0.2) is 77.9 Å². The Labute approximate surface area is 187 Å². The third-order valence-electron chi connectivity index (χ3n) is 5.44. The molecule has 0 atom stereocenters. The monoisotopic (exact) mass is 423 g/mol. The number of anilines is 1. The number of benzene rings is 4. The lowest BCUT2D eigenvalue weighted by Crippen LogP contribution is -2.21. The lowest BCUT2D eigenvalue weighted by molar-refractivity contribution is -0.124. The fourth-order valence-electron chi connectivity index (χ4n) is 3.72. The van der Waals surface area contributed by atoms with Gasteiger partial charge in [-0.3, -0.25) is 9.59 Å². The van der Waals surface area contributed by atoms with Crippen LogP contribution in [0.2, 0.25) is 0 Å². The Bertz CT molecular complexity index is 1290. The van der Waals surface area contributed by atoms with Gasteiger partial charge in [-0.25, -0.2) is 5.43 Å². The van der Waals surface area contributed by atoms with Crippen LogP contribution in [0.1, 0.15) is 29.5 Å². The summed E-state index contributed by atoms with van der Waals surface area (Å²) in [7, 11) is 0. The third kappa shape index (κ3) is 4.83. The number of carbonyl (C=O) groups excluding carboxylic acids is 2. The number of rotatable bonds is 6. The second kappa shape index (κ2) is 9.43. The van der Waals surface area contributed by atoms with Crippen molar-refractivity contribution in [2.45, 2.75) is 26.7 Å². The molecule has 5 heteroatoms. The molecule has 0 saturated heterocycles. The van der Waals surface area contributed by atoms with Gasteiger partial charge in [-0.15, -0.1) is 0 Å². The molecule has 0 unspecified atom stereocenters. The van der Waals surface area contributed by atoms with E-state index in [-0.39, 0.29) is 24.7 Å². The molecule has 5 nitrogen and oxygen atoms in total. The first-order chi connectivity index (χ1) is 15.5. The highest BCUT2D eigenvalue weighted by atomic mass is 16.2. The van der Waals surface area contributed by atoms with Crippen LogP contribution < -0.4 is 10.7 Å². The summed E-state index contributed by atoms with van der Waals surface area (Å²) in [5, 5.41) is 11.4. The normalized spacial score (nSPS) is 11.2. The van der Waals surface area contributed by atoms with Crippen LogP contribution in [0, 0.1) is 13.8 Å². The number of hydrogen-bond donors (Lipinski definition) is 2. The zero-order valence-electron chi connectivity index (χ0n) is 18.2. The summed E-state index contributed by atoms with van der Waals surface area (Å²) in [5.74, 6) is -0.500. The molecule has 0 aliphatic carbocycles. The molecular formula is C27H25N3O2. The van der Waals surface area contributed by atoms with E-state index in [1.807, 2.05) is 68.4 Å². The van der Waals surface area contributed by atoms with Crippen LogP contribution in [0.4, 0.5) is 5.69 Å². The van der Waals surface area contributed by atoms with Gasteiger partial charge in [-0.2, -0.15) is 5.10 Å². The van der Waals surface area contributed by atoms with E-state index < -0.39 is 0 Å². The molecule has 0 saturated carbocycles. The Morgan fingerprint density at radius 1 is 0.812 bits per heavy atom. The Morgan fingerprint density at radius 2 is 1.44 bits per heavy atom. The fraction of sp³-hybridized carbons (Fsp3) is 0.148. The van der Waals surface area contributed by atoms with Crippen LogP contribution in [-0.4, -0.2) is 18.0 Å². The van der Waals surface area contributed by atoms with Crippen molar-refractivity contribution in [1.29, 1.82) is 0 Å². The molecule has 32 heavy (non-hydrogen) atoms. The molecule has 160 valence electrons. The molecular weight excluding hydrogens is 398 g/mol. The second-order valence-corrected chi connectivity index (χ2v) is 7.89. The highest BCUT2D eigenvalue weighted by Gasteiger charge is 2.09. The summed E-state index contributed by atoms with van der Waals surface area (Å²) in [6, 6.07) is 24.2. The molecule has 0 aliphatic rings. The molecule has 0 spiro atoms. The molecule has 4 aromatic carbocycles. The Kier molecular flexibility index (Phi) is 6.26. The van der Waals surface area contributed by atoms with Gasteiger partial charge in [-0.05, 0) is 58.7 Å². The highest BCUT2D eigenvalue weighted by Crippen LogP contribution is 2.27. The highest BCUT2D eigenvalue weighted by molar-refractivity contribution is 6.13. The minimum atomic E-state index is -0.304. The largest absolute Gasteiger partial charge is 0.326 e. The van der Waals surface area contributed by atoms with Crippen LogP contribution >= 0.6 is 0 Å². The Morgan fingerprint density at radius 3 is 2.12 bits per heavy atom. The number of aryl methyl sites for hydroxylation is 2. The summed E-state index contributed by atoms with van der Waals surface area (Å²) in [6.07, 6.45) is 1.83. The lowest BCUT2D eigenvalue weighted by atomic mass is 9.97. The Balaban J connectivity index is 1.41. The first kappa shape index (κ1) is 21.2. The van der Waals surface area contributed by atoms with Crippen molar-refractivity contribution in [2.75, 3.05) is 5.32 Å². The SMILES string of the molecule is Cc1ccc(C)c(NC(=O)CCC(=O)N/N=C/c2c3ccccc3cc3ccccc23)c1. The van der Waals surface area contributed by atoms with Gasteiger partial charge in [0.15, 0.2) is 0 Å². The number of hydrogen-bond acceptors (Lipinski definition) is 3. The molecule has 0 aliphatic heterocycles. The van der Waals surface area contributed by atoms with E-state index in [1.54, 1.807) is 6.21 Å². The van der Waals surface area contributed by atoms with Crippen molar-refractivity contribution >= 4 is 45.3 Å². The van der Waals surface area contributed by atoms with E-state index in [1.165, 1.54) is 0 Å². The second-order valence-electron chi connectivity index (χ2n) is 7.89. The summed E-state index contributed by atoms with van der Waals surface area (Å²) >= 11 is 0. The third-order valence-corrected chi connectivity index (χ3v) is 5.44.